The zero-order valence-electron chi connectivity index (χ0n) is 23.1. The van der Waals surface area contributed by atoms with Crippen molar-refractivity contribution in [2.24, 2.45) is 0 Å². The molecule has 0 aromatic heterocycles. The first-order valence-electron chi connectivity index (χ1n) is 14.1. The number of aryl methyl sites for hydroxylation is 2. The van der Waals surface area contributed by atoms with Crippen molar-refractivity contribution in [3.8, 4) is 0 Å². The number of nitrogens with one attached hydrogen (secondary N) is 1. The number of nitrogens with zero attached hydrogens (tertiary/aromatic N) is 1. The van der Waals surface area contributed by atoms with Gasteiger partial charge in [0.25, 0.3) is 0 Å². The third-order valence-electron chi connectivity index (χ3n) is 6.77. The van der Waals surface area contributed by atoms with Gasteiger partial charge in [-0.3, -0.25) is 10.2 Å². The minimum atomic E-state index is -1.09. The first-order valence-corrected chi connectivity index (χ1v) is 14.1. The molecule has 204 valence electrons. The van der Waals surface area contributed by atoms with Crippen LogP contribution in [0.1, 0.15) is 101 Å². The molecule has 6 heteroatoms. The molecule has 0 radical (unpaired) electrons. The predicted octanol–water partition coefficient (Wildman–Crippen LogP) is 8.97. The molecule has 0 aliphatic heterocycles. The number of ether oxygens (including phenoxy) is 1. The molecule has 37 heavy (non-hydrogen) atoms. The molecule has 2 aromatic rings. The third-order valence-corrected chi connectivity index (χ3v) is 6.77. The molecule has 0 spiro atoms. The van der Waals surface area contributed by atoms with E-state index >= 15 is 0 Å². The number of hydrogen-bond donors (Lipinski definition) is 2. The zero-order valence-corrected chi connectivity index (χ0v) is 23.1. The summed E-state index contributed by atoms with van der Waals surface area (Å²) in [6, 6.07) is 13.5. The number of unbranched alkanes of at least 4 members (excludes halogenated alkanes) is 9. The van der Waals surface area contributed by atoms with Gasteiger partial charge in [-0.15, -0.1) is 0 Å². The first-order chi connectivity index (χ1) is 17.9. The molecule has 2 N–H and O–H groups in total. The average molecular weight is 511 g/mol. The zero-order chi connectivity index (χ0) is 26.9. The molecule has 0 saturated carbocycles. The standard InChI is InChI=1S/C31H46N2O4/c1-4-6-8-10-12-13-15-25-17-21-29(22-18-25)33(3)31(36)37-24-27-19-20-28(32-30(34)35)23-26(27)16-14-11-9-7-5-2/h17-23,32H,4-16,24H2,1-3H3,(H,34,35). The molecule has 0 aliphatic rings. The van der Waals surface area contributed by atoms with Crippen LogP contribution in [-0.4, -0.2) is 24.3 Å². The molecular formula is C31H46N2O4. The van der Waals surface area contributed by atoms with Crippen LogP contribution in [0.15, 0.2) is 42.5 Å². The normalized spacial score (nSPS) is 10.8. The lowest BCUT2D eigenvalue weighted by atomic mass is 10.00. The van der Waals surface area contributed by atoms with Crippen LogP contribution in [0.2, 0.25) is 0 Å². The summed E-state index contributed by atoms with van der Waals surface area (Å²) in [6.45, 7) is 4.58. The number of hydrogen-bond acceptors (Lipinski definition) is 3. The minimum absolute atomic E-state index is 0.150. The molecule has 2 rings (SSSR count). The topological polar surface area (TPSA) is 78.9 Å². The van der Waals surface area contributed by atoms with Crippen LogP contribution >= 0.6 is 0 Å². The second kappa shape index (κ2) is 17.4. The van der Waals surface area contributed by atoms with Crippen LogP contribution in [0.4, 0.5) is 21.0 Å². The second-order valence-electron chi connectivity index (χ2n) is 9.88. The lowest BCUT2D eigenvalue weighted by Gasteiger charge is -2.19. The minimum Gasteiger partial charge on any atom is -0.465 e. The van der Waals surface area contributed by atoms with Gasteiger partial charge >= 0.3 is 12.2 Å². The Labute approximate surface area is 223 Å². The van der Waals surface area contributed by atoms with Crippen LogP contribution in [0.3, 0.4) is 0 Å². The van der Waals surface area contributed by atoms with E-state index in [2.05, 4.69) is 31.3 Å². The fourth-order valence-electron chi connectivity index (χ4n) is 4.46. The number of carbonyl (C=O) groups excluding carboxylic acids is 1. The van der Waals surface area contributed by atoms with E-state index in [1.54, 1.807) is 13.1 Å². The highest BCUT2D eigenvalue weighted by Crippen LogP contribution is 2.22. The molecule has 0 bridgehead atoms. The van der Waals surface area contributed by atoms with Crippen LogP contribution in [-0.2, 0) is 24.2 Å². The van der Waals surface area contributed by atoms with Crippen LogP contribution < -0.4 is 10.2 Å². The summed E-state index contributed by atoms with van der Waals surface area (Å²) in [6.07, 6.45) is 13.8. The highest BCUT2D eigenvalue weighted by molar-refractivity contribution is 5.87. The molecular weight excluding hydrogens is 464 g/mol. The van der Waals surface area contributed by atoms with Gasteiger partial charge in [-0.2, -0.15) is 0 Å². The molecule has 0 saturated heterocycles. The van der Waals surface area contributed by atoms with Crippen molar-refractivity contribution in [2.45, 2.75) is 104 Å². The van der Waals surface area contributed by atoms with Gasteiger partial charge in [0, 0.05) is 18.4 Å². The van der Waals surface area contributed by atoms with E-state index < -0.39 is 12.2 Å². The van der Waals surface area contributed by atoms with E-state index in [4.69, 9.17) is 9.84 Å². The Balaban J connectivity index is 1.90. The fraction of sp³-hybridized carbons (Fsp3) is 0.548. The Morgan fingerprint density at radius 1 is 0.784 bits per heavy atom. The quantitative estimate of drug-likeness (QED) is 0.208. The summed E-state index contributed by atoms with van der Waals surface area (Å²) < 4.78 is 5.64. The number of amides is 2. The number of carbonyl (C=O) groups is 2. The molecule has 0 fully saturated rings. The van der Waals surface area contributed by atoms with E-state index in [0.717, 1.165) is 42.5 Å². The van der Waals surface area contributed by atoms with Gasteiger partial charge in [-0.1, -0.05) is 89.8 Å². The molecule has 0 atom stereocenters. The van der Waals surface area contributed by atoms with Crippen molar-refractivity contribution >= 4 is 23.6 Å². The fourth-order valence-corrected chi connectivity index (χ4v) is 4.46. The van der Waals surface area contributed by atoms with Gasteiger partial charge in [0.05, 0.1) is 0 Å². The SMILES string of the molecule is CCCCCCCCc1ccc(N(C)C(=O)OCc2ccc(NC(=O)O)cc2CCCCCCC)cc1. The van der Waals surface area contributed by atoms with Crippen LogP contribution in [0, 0.1) is 0 Å². The van der Waals surface area contributed by atoms with E-state index in [0.29, 0.717) is 5.69 Å². The third kappa shape index (κ3) is 11.7. The lowest BCUT2D eigenvalue weighted by molar-refractivity contribution is 0.148. The largest absolute Gasteiger partial charge is 0.465 e. The molecule has 2 aromatic carbocycles. The highest BCUT2D eigenvalue weighted by atomic mass is 16.6. The second-order valence-corrected chi connectivity index (χ2v) is 9.88. The maximum absolute atomic E-state index is 12.8. The number of anilines is 2. The summed E-state index contributed by atoms with van der Waals surface area (Å²) in [4.78, 5) is 25.4. The van der Waals surface area contributed by atoms with Crippen LogP contribution in [0.25, 0.3) is 0 Å². The van der Waals surface area contributed by atoms with Crippen LogP contribution in [0.5, 0.6) is 0 Å². The van der Waals surface area contributed by atoms with Gasteiger partial charge < -0.3 is 9.84 Å². The van der Waals surface area contributed by atoms with Gasteiger partial charge in [-0.25, -0.2) is 9.59 Å². The van der Waals surface area contributed by atoms with Crippen molar-refractivity contribution in [3.05, 3.63) is 59.2 Å². The Morgan fingerprint density at radius 2 is 1.38 bits per heavy atom. The summed E-state index contributed by atoms with van der Waals surface area (Å²) in [5.74, 6) is 0. The monoisotopic (exact) mass is 510 g/mol. The number of rotatable bonds is 17. The summed E-state index contributed by atoms with van der Waals surface area (Å²) >= 11 is 0. The number of benzene rings is 2. The van der Waals surface area contributed by atoms with Gasteiger partial charge in [0.2, 0.25) is 0 Å². The molecule has 0 heterocycles. The van der Waals surface area contributed by atoms with Crippen molar-refractivity contribution in [3.63, 3.8) is 0 Å². The van der Waals surface area contributed by atoms with E-state index in [9.17, 15) is 9.59 Å². The Hall–Kier alpha value is -3.02. The summed E-state index contributed by atoms with van der Waals surface area (Å²) in [5, 5.41) is 11.5. The van der Waals surface area contributed by atoms with Gasteiger partial charge in [-0.05, 0) is 66.6 Å². The maximum atomic E-state index is 12.8. The summed E-state index contributed by atoms with van der Waals surface area (Å²) in [5.41, 5.74) is 4.54. The average Bonchev–Trinajstić information content (AvgIpc) is 2.89. The summed E-state index contributed by atoms with van der Waals surface area (Å²) in [7, 11) is 1.72. The van der Waals surface area contributed by atoms with Gasteiger partial charge in [0.15, 0.2) is 0 Å². The molecule has 6 nitrogen and oxygen atoms in total. The maximum Gasteiger partial charge on any atom is 0.414 e. The Morgan fingerprint density at radius 3 is 2.00 bits per heavy atom. The van der Waals surface area contributed by atoms with Gasteiger partial charge in [0.1, 0.15) is 6.61 Å². The van der Waals surface area contributed by atoms with E-state index in [1.807, 2.05) is 24.3 Å². The highest BCUT2D eigenvalue weighted by Gasteiger charge is 2.14. The van der Waals surface area contributed by atoms with E-state index in [1.165, 1.54) is 68.3 Å². The predicted molar refractivity (Wildman–Crippen MR) is 153 cm³/mol. The lowest BCUT2D eigenvalue weighted by Crippen LogP contribution is -2.27. The van der Waals surface area contributed by atoms with Crippen molar-refractivity contribution in [2.75, 3.05) is 17.3 Å². The smallest absolute Gasteiger partial charge is 0.414 e. The molecule has 2 amide bonds. The first kappa shape index (κ1) is 30.2. The molecule has 0 unspecified atom stereocenters. The van der Waals surface area contributed by atoms with Crippen molar-refractivity contribution < 1.29 is 19.4 Å². The number of carboxylic acid groups (broad SMARTS) is 1. The Bertz CT molecular complexity index is 943. The van der Waals surface area contributed by atoms with Crippen molar-refractivity contribution in [1.82, 2.24) is 0 Å². The van der Waals surface area contributed by atoms with Crippen molar-refractivity contribution in [1.29, 1.82) is 0 Å². The molecule has 0 aliphatic carbocycles. The Kier molecular flexibility index (Phi) is 14.2. The van der Waals surface area contributed by atoms with E-state index in [-0.39, 0.29) is 6.61 Å².